The lowest BCUT2D eigenvalue weighted by Gasteiger charge is -1.91. The minimum Gasteiger partial charge on any atom is -0.456 e. The molecule has 1 nitrogen and oxygen atoms in total. The summed E-state index contributed by atoms with van der Waals surface area (Å²) in [5.74, 6) is 0. The third kappa shape index (κ3) is 1.31. The molecule has 0 fully saturated rings. The molecule has 0 aliphatic carbocycles. The molecule has 1 heterocycles. The second-order valence-electron chi connectivity index (χ2n) is 3.74. The molecule has 0 saturated carbocycles. The van der Waals surface area contributed by atoms with Gasteiger partial charge in [0, 0.05) is 21.9 Å². The first kappa shape index (κ1) is 8.81. The van der Waals surface area contributed by atoms with Gasteiger partial charge in [-0.15, -0.1) is 0 Å². The summed E-state index contributed by atoms with van der Waals surface area (Å²) in [7, 11) is 0. The molecular formula is C13H9ClO. The first-order valence-electron chi connectivity index (χ1n) is 4.82. The van der Waals surface area contributed by atoms with Crippen molar-refractivity contribution in [2.75, 3.05) is 0 Å². The largest absolute Gasteiger partial charge is 0.456 e. The van der Waals surface area contributed by atoms with Crippen LogP contribution >= 0.6 is 11.6 Å². The number of benzene rings is 2. The van der Waals surface area contributed by atoms with Gasteiger partial charge in [-0.05, 0) is 31.2 Å². The van der Waals surface area contributed by atoms with Crippen LogP contribution in [0.3, 0.4) is 0 Å². The molecule has 1 aromatic heterocycles. The SMILES string of the molecule is Cc1ccc2oc3cc(Cl)ccc3c2c1. The maximum atomic E-state index is 5.92. The van der Waals surface area contributed by atoms with Crippen LogP contribution in [0.1, 0.15) is 5.56 Å². The molecule has 3 rings (SSSR count). The van der Waals surface area contributed by atoms with E-state index in [1.807, 2.05) is 30.3 Å². The van der Waals surface area contributed by atoms with Crippen molar-refractivity contribution in [3.8, 4) is 0 Å². The highest BCUT2D eigenvalue weighted by atomic mass is 35.5. The van der Waals surface area contributed by atoms with Crippen LogP contribution in [0.4, 0.5) is 0 Å². The molecule has 0 saturated heterocycles. The Kier molecular flexibility index (Phi) is 1.77. The molecule has 2 heteroatoms. The zero-order valence-corrected chi connectivity index (χ0v) is 9.01. The van der Waals surface area contributed by atoms with Crippen molar-refractivity contribution >= 4 is 33.5 Å². The van der Waals surface area contributed by atoms with E-state index >= 15 is 0 Å². The van der Waals surface area contributed by atoms with Gasteiger partial charge >= 0.3 is 0 Å². The number of hydrogen-bond donors (Lipinski definition) is 0. The van der Waals surface area contributed by atoms with E-state index in [0.717, 1.165) is 21.9 Å². The second-order valence-corrected chi connectivity index (χ2v) is 4.18. The average Bonchev–Trinajstić information content (AvgIpc) is 2.54. The van der Waals surface area contributed by atoms with Crippen LogP contribution in [-0.2, 0) is 0 Å². The molecular weight excluding hydrogens is 208 g/mol. The molecule has 0 atom stereocenters. The first-order chi connectivity index (χ1) is 7.24. The molecule has 0 aliphatic heterocycles. The summed E-state index contributed by atoms with van der Waals surface area (Å²) in [4.78, 5) is 0. The zero-order chi connectivity index (χ0) is 10.4. The number of halogens is 1. The molecule has 0 radical (unpaired) electrons. The van der Waals surface area contributed by atoms with Crippen molar-refractivity contribution in [1.82, 2.24) is 0 Å². The summed E-state index contributed by atoms with van der Waals surface area (Å²) in [5, 5.41) is 2.98. The lowest BCUT2D eigenvalue weighted by atomic mass is 10.1. The third-order valence-electron chi connectivity index (χ3n) is 2.59. The highest BCUT2D eigenvalue weighted by Gasteiger charge is 2.06. The van der Waals surface area contributed by atoms with E-state index in [0.29, 0.717) is 5.02 Å². The Hall–Kier alpha value is -1.47. The summed E-state index contributed by atoms with van der Waals surface area (Å²) >= 11 is 5.92. The quantitative estimate of drug-likeness (QED) is 0.537. The van der Waals surface area contributed by atoms with Gasteiger partial charge < -0.3 is 4.42 Å². The fourth-order valence-electron chi connectivity index (χ4n) is 1.86. The van der Waals surface area contributed by atoms with Crippen LogP contribution in [0.25, 0.3) is 21.9 Å². The van der Waals surface area contributed by atoms with Gasteiger partial charge in [-0.2, -0.15) is 0 Å². The topological polar surface area (TPSA) is 13.1 Å². The van der Waals surface area contributed by atoms with Crippen molar-refractivity contribution in [2.24, 2.45) is 0 Å². The van der Waals surface area contributed by atoms with Crippen molar-refractivity contribution in [1.29, 1.82) is 0 Å². The molecule has 3 aromatic rings. The van der Waals surface area contributed by atoms with Crippen LogP contribution < -0.4 is 0 Å². The number of rotatable bonds is 0. The predicted molar refractivity (Wildman–Crippen MR) is 63.5 cm³/mol. The minimum atomic E-state index is 0.707. The summed E-state index contributed by atoms with van der Waals surface area (Å²) in [6, 6.07) is 11.9. The highest BCUT2D eigenvalue weighted by Crippen LogP contribution is 2.30. The normalized spacial score (nSPS) is 11.3. The lowest BCUT2D eigenvalue weighted by molar-refractivity contribution is 0.669. The van der Waals surface area contributed by atoms with Gasteiger partial charge in [0.2, 0.25) is 0 Å². The molecule has 0 amide bonds. The van der Waals surface area contributed by atoms with Crippen molar-refractivity contribution < 1.29 is 4.42 Å². The minimum absolute atomic E-state index is 0.707. The van der Waals surface area contributed by atoms with Gasteiger partial charge in [-0.25, -0.2) is 0 Å². The van der Waals surface area contributed by atoms with Gasteiger partial charge in [0.25, 0.3) is 0 Å². The summed E-state index contributed by atoms with van der Waals surface area (Å²) in [5.41, 5.74) is 3.00. The molecule has 0 aliphatic rings. The Labute approximate surface area is 92.3 Å². The Morgan fingerprint density at radius 2 is 1.80 bits per heavy atom. The van der Waals surface area contributed by atoms with E-state index in [1.165, 1.54) is 5.56 Å². The van der Waals surface area contributed by atoms with Gasteiger partial charge in [0.05, 0.1) is 0 Å². The predicted octanol–water partition coefficient (Wildman–Crippen LogP) is 4.55. The fraction of sp³-hybridized carbons (Fsp3) is 0.0769. The van der Waals surface area contributed by atoms with E-state index in [-0.39, 0.29) is 0 Å². The Bertz CT molecular complexity index is 652. The second kappa shape index (κ2) is 3.01. The standard InChI is InChI=1S/C13H9ClO/c1-8-2-5-12-11(6-8)10-4-3-9(14)7-13(10)15-12/h2-7H,1H3. The van der Waals surface area contributed by atoms with Gasteiger partial charge in [0.15, 0.2) is 0 Å². The molecule has 0 bridgehead atoms. The van der Waals surface area contributed by atoms with Gasteiger partial charge in [-0.3, -0.25) is 0 Å². The highest BCUT2D eigenvalue weighted by molar-refractivity contribution is 6.31. The monoisotopic (exact) mass is 216 g/mol. The summed E-state index contributed by atoms with van der Waals surface area (Å²) in [6.45, 7) is 2.08. The Morgan fingerprint density at radius 1 is 0.933 bits per heavy atom. The van der Waals surface area contributed by atoms with Crippen LogP contribution in [0.15, 0.2) is 40.8 Å². The van der Waals surface area contributed by atoms with E-state index in [1.54, 1.807) is 0 Å². The summed E-state index contributed by atoms with van der Waals surface area (Å²) < 4.78 is 5.70. The molecule has 74 valence electrons. The molecule has 2 aromatic carbocycles. The molecule has 15 heavy (non-hydrogen) atoms. The van der Waals surface area contributed by atoms with Gasteiger partial charge in [-0.1, -0.05) is 23.2 Å². The zero-order valence-electron chi connectivity index (χ0n) is 8.25. The number of furan rings is 1. The van der Waals surface area contributed by atoms with Crippen LogP contribution in [-0.4, -0.2) is 0 Å². The van der Waals surface area contributed by atoms with Crippen LogP contribution in [0.2, 0.25) is 5.02 Å². The first-order valence-corrected chi connectivity index (χ1v) is 5.20. The molecule has 0 unspecified atom stereocenters. The van der Waals surface area contributed by atoms with Crippen LogP contribution in [0, 0.1) is 6.92 Å². The van der Waals surface area contributed by atoms with Crippen molar-refractivity contribution in [3.05, 3.63) is 47.0 Å². The van der Waals surface area contributed by atoms with E-state index in [9.17, 15) is 0 Å². The van der Waals surface area contributed by atoms with Crippen LogP contribution in [0.5, 0.6) is 0 Å². The number of hydrogen-bond acceptors (Lipinski definition) is 1. The fourth-order valence-corrected chi connectivity index (χ4v) is 2.03. The molecule has 0 N–H and O–H groups in total. The molecule has 0 spiro atoms. The Morgan fingerprint density at radius 3 is 2.67 bits per heavy atom. The Balaban J connectivity index is 2.53. The number of aryl methyl sites for hydroxylation is 1. The smallest absolute Gasteiger partial charge is 0.136 e. The van der Waals surface area contributed by atoms with Crippen molar-refractivity contribution in [2.45, 2.75) is 6.92 Å². The van der Waals surface area contributed by atoms with Gasteiger partial charge in [0.1, 0.15) is 11.2 Å². The lowest BCUT2D eigenvalue weighted by Crippen LogP contribution is -1.70. The average molecular weight is 217 g/mol. The maximum absolute atomic E-state index is 5.92. The summed E-state index contributed by atoms with van der Waals surface area (Å²) in [6.07, 6.45) is 0. The van der Waals surface area contributed by atoms with E-state index < -0.39 is 0 Å². The van der Waals surface area contributed by atoms with E-state index in [2.05, 4.69) is 13.0 Å². The number of fused-ring (bicyclic) bond motifs is 3. The van der Waals surface area contributed by atoms with Crippen molar-refractivity contribution in [3.63, 3.8) is 0 Å². The maximum Gasteiger partial charge on any atom is 0.136 e. The van der Waals surface area contributed by atoms with E-state index in [4.69, 9.17) is 16.0 Å². The third-order valence-corrected chi connectivity index (χ3v) is 2.82.